The summed E-state index contributed by atoms with van der Waals surface area (Å²) in [6.07, 6.45) is 0.356. The van der Waals surface area contributed by atoms with E-state index in [1.165, 1.54) is 9.80 Å². The first-order valence-electron chi connectivity index (χ1n) is 11.4. The minimum atomic E-state index is -1.49. The summed E-state index contributed by atoms with van der Waals surface area (Å²) in [5.41, 5.74) is 0.752. The van der Waals surface area contributed by atoms with Gasteiger partial charge in [0.15, 0.2) is 0 Å². The molecular weight excluding hydrogens is 430 g/mol. The minimum absolute atomic E-state index is 0.160. The Hall–Kier alpha value is -4.13. The zero-order valence-corrected chi connectivity index (χ0v) is 18.9. The second-order valence-corrected chi connectivity index (χ2v) is 8.32. The van der Waals surface area contributed by atoms with Crippen molar-refractivity contribution in [1.29, 1.82) is 0 Å². The summed E-state index contributed by atoms with van der Waals surface area (Å²) in [5.74, 6) is -0.378. The number of fused-ring (bicyclic) bond motifs is 3. The number of anilines is 2. The van der Waals surface area contributed by atoms with Gasteiger partial charge in [-0.3, -0.25) is 19.3 Å². The third-order valence-electron chi connectivity index (χ3n) is 6.36. The lowest BCUT2D eigenvalue weighted by atomic mass is 9.94. The second-order valence-electron chi connectivity index (χ2n) is 8.32. The standard InChI is InChI=1S/C27H25N3O4/c1-2-34-23-15-9-7-13-21(23)28-26(33)27-17-16-24(31)30(27)22-14-8-6-12-20(22)25(32)29(27)18-19-10-4-3-5-11-19/h3-15H,2,16-18H2,1H3,(H,28,33). The van der Waals surface area contributed by atoms with Crippen LogP contribution in [0.1, 0.15) is 35.7 Å². The molecule has 1 N–H and O–H groups in total. The van der Waals surface area contributed by atoms with Crippen LogP contribution in [0.4, 0.5) is 11.4 Å². The Labute approximate surface area is 197 Å². The van der Waals surface area contributed by atoms with Crippen molar-refractivity contribution in [2.75, 3.05) is 16.8 Å². The van der Waals surface area contributed by atoms with E-state index in [0.29, 0.717) is 29.3 Å². The maximum atomic E-state index is 14.1. The molecule has 1 saturated heterocycles. The van der Waals surface area contributed by atoms with Gasteiger partial charge in [0, 0.05) is 19.4 Å². The highest BCUT2D eigenvalue weighted by molar-refractivity contribution is 6.18. The van der Waals surface area contributed by atoms with Gasteiger partial charge in [0.25, 0.3) is 11.8 Å². The number of hydrogen-bond acceptors (Lipinski definition) is 4. The van der Waals surface area contributed by atoms with Crippen LogP contribution in [-0.4, -0.2) is 34.9 Å². The lowest BCUT2D eigenvalue weighted by molar-refractivity contribution is -0.129. The number of benzene rings is 3. The molecule has 0 saturated carbocycles. The molecule has 2 aliphatic heterocycles. The average molecular weight is 456 g/mol. The topological polar surface area (TPSA) is 79.0 Å². The van der Waals surface area contributed by atoms with Gasteiger partial charge in [-0.2, -0.15) is 0 Å². The number of hydrogen-bond donors (Lipinski definition) is 1. The third-order valence-corrected chi connectivity index (χ3v) is 6.36. The summed E-state index contributed by atoms with van der Waals surface area (Å²) in [6.45, 7) is 2.50. The molecule has 2 aliphatic rings. The van der Waals surface area contributed by atoms with E-state index in [9.17, 15) is 14.4 Å². The Bertz CT molecular complexity index is 1260. The quantitative estimate of drug-likeness (QED) is 0.604. The number of carbonyl (C=O) groups is 3. The predicted octanol–water partition coefficient (Wildman–Crippen LogP) is 4.20. The van der Waals surface area contributed by atoms with E-state index in [4.69, 9.17) is 4.74 Å². The number of nitrogens with zero attached hydrogens (tertiary/aromatic N) is 2. The van der Waals surface area contributed by atoms with E-state index >= 15 is 0 Å². The van der Waals surface area contributed by atoms with Crippen LogP contribution >= 0.6 is 0 Å². The molecule has 1 fully saturated rings. The van der Waals surface area contributed by atoms with Gasteiger partial charge < -0.3 is 15.0 Å². The molecule has 34 heavy (non-hydrogen) atoms. The van der Waals surface area contributed by atoms with Gasteiger partial charge in [-0.05, 0) is 36.8 Å². The summed E-state index contributed by atoms with van der Waals surface area (Å²) < 4.78 is 5.68. The summed E-state index contributed by atoms with van der Waals surface area (Å²) in [7, 11) is 0. The van der Waals surface area contributed by atoms with Crippen LogP contribution in [-0.2, 0) is 16.1 Å². The summed E-state index contributed by atoms with van der Waals surface area (Å²) >= 11 is 0. The van der Waals surface area contributed by atoms with Crippen LogP contribution in [0.15, 0.2) is 78.9 Å². The fourth-order valence-electron chi connectivity index (χ4n) is 4.84. The van der Waals surface area contributed by atoms with Crippen molar-refractivity contribution >= 4 is 29.1 Å². The molecule has 0 radical (unpaired) electrons. The maximum Gasteiger partial charge on any atom is 0.271 e. The highest BCUT2D eigenvalue weighted by Gasteiger charge is 2.60. The Morgan fingerprint density at radius 1 is 0.971 bits per heavy atom. The lowest BCUT2D eigenvalue weighted by Crippen LogP contribution is -2.69. The van der Waals surface area contributed by atoms with Crippen molar-refractivity contribution in [1.82, 2.24) is 4.90 Å². The molecule has 3 amide bonds. The maximum absolute atomic E-state index is 14.1. The van der Waals surface area contributed by atoms with Gasteiger partial charge in [-0.15, -0.1) is 0 Å². The summed E-state index contributed by atoms with van der Waals surface area (Å²) in [6, 6.07) is 23.6. The molecule has 3 aromatic carbocycles. The minimum Gasteiger partial charge on any atom is -0.492 e. The van der Waals surface area contributed by atoms with Crippen molar-refractivity contribution in [2.45, 2.75) is 32.0 Å². The van der Waals surface area contributed by atoms with E-state index in [1.54, 1.807) is 42.5 Å². The zero-order chi connectivity index (χ0) is 23.7. The van der Waals surface area contributed by atoms with Crippen molar-refractivity contribution in [3.63, 3.8) is 0 Å². The summed E-state index contributed by atoms with van der Waals surface area (Å²) in [4.78, 5) is 44.1. The van der Waals surface area contributed by atoms with Crippen LogP contribution in [0.5, 0.6) is 5.75 Å². The molecule has 7 heteroatoms. The Kier molecular flexibility index (Phi) is 5.53. The van der Waals surface area contributed by atoms with Crippen LogP contribution < -0.4 is 15.0 Å². The smallest absolute Gasteiger partial charge is 0.271 e. The van der Waals surface area contributed by atoms with Gasteiger partial charge in [0.2, 0.25) is 11.6 Å². The Balaban J connectivity index is 1.63. The van der Waals surface area contributed by atoms with Crippen molar-refractivity contribution in [3.05, 3.63) is 90.0 Å². The molecular formula is C27H25N3O4. The van der Waals surface area contributed by atoms with E-state index in [2.05, 4.69) is 5.32 Å². The molecule has 172 valence electrons. The molecule has 0 bridgehead atoms. The molecule has 2 heterocycles. The highest BCUT2D eigenvalue weighted by atomic mass is 16.5. The number of ether oxygens (including phenoxy) is 1. The monoisotopic (exact) mass is 455 g/mol. The first kappa shape index (κ1) is 21.7. The van der Waals surface area contributed by atoms with Gasteiger partial charge in [-0.1, -0.05) is 54.6 Å². The first-order chi connectivity index (χ1) is 16.6. The van der Waals surface area contributed by atoms with E-state index in [0.717, 1.165) is 5.56 Å². The van der Waals surface area contributed by atoms with E-state index in [-0.39, 0.29) is 31.2 Å². The molecule has 5 rings (SSSR count). The highest BCUT2D eigenvalue weighted by Crippen LogP contribution is 2.46. The lowest BCUT2D eigenvalue weighted by Gasteiger charge is -2.49. The zero-order valence-electron chi connectivity index (χ0n) is 18.9. The SMILES string of the molecule is CCOc1ccccc1NC(=O)C12CCC(=O)N1c1ccccc1C(=O)N2Cc1ccccc1. The fourth-order valence-corrected chi connectivity index (χ4v) is 4.84. The molecule has 0 spiro atoms. The van der Waals surface area contributed by atoms with E-state index < -0.39 is 11.6 Å². The molecule has 1 atom stereocenters. The third kappa shape index (κ3) is 3.41. The van der Waals surface area contributed by atoms with Crippen LogP contribution in [0.25, 0.3) is 0 Å². The van der Waals surface area contributed by atoms with Gasteiger partial charge in [0.05, 0.1) is 23.5 Å². The predicted molar refractivity (Wildman–Crippen MR) is 128 cm³/mol. The van der Waals surface area contributed by atoms with Gasteiger partial charge in [0.1, 0.15) is 5.75 Å². The van der Waals surface area contributed by atoms with E-state index in [1.807, 2.05) is 43.3 Å². The normalized spacial score (nSPS) is 19.0. The Morgan fingerprint density at radius 2 is 1.68 bits per heavy atom. The summed E-state index contributed by atoms with van der Waals surface area (Å²) in [5, 5.41) is 2.96. The van der Waals surface area contributed by atoms with Crippen LogP contribution in [0.2, 0.25) is 0 Å². The number of carbonyl (C=O) groups excluding carboxylic acids is 3. The molecule has 7 nitrogen and oxygen atoms in total. The Morgan fingerprint density at radius 3 is 2.47 bits per heavy atom. The molecule has 0 aromatic heterocycles. The fraction of sp³-hybridized carbons (Fsp3) is 0.222. The van der Waals surface area contributed by atoms with Crippen molar-refractivity contribution in [3.8, 4) is 5.75 Å². The molecule has 1 unspecified atom stereocenters. The first-order valence-corrected chi connectivity index (χ1v) is 11.4. The van der Waals surface area contributed by atoms with Gasteiger partial charge in [-0.25, -0.2) is 0 Å². The molecule has 0 aliphatic carbocycles. The number of amides is 3. The van der Waals surface area contributed by atoms with Gasteiger partial charge >= 0.3 is 0 Å². The average Bonchev–Trinajstić information content (AvgIpc) is 3.22. The van der Waals surface area contributed by atoms with Crippen molar-refractivity contribution < 1.29 is 19.1 Å². The number of para-hydroxylation sites is 3. The van der Waals surface area contributed by atoms with Crippen LogP contribution in [0, 0.1) is 0 Å². The number of nitrogens with one attached hydrogen (secondary N) is 1. The van der Waals surface area contributed by atoms with Crippen molar-refractivity contribution in [2.24, 2.45) is 0 Å². The second kappa shape index (κ2) is 8.67. The number of rotatable bonds is 6. The van der Waals surface area contributed by atoms with Crippen LogP contribution in [0.3, 0.4) is 0 Å². The molecule has 3 aromatic rings. The largest absolute Gasteiger partial charge is 0.492 e.